The van der Waals surface area contributed by atoms with E-state index in [1.165, 1.54) is 6.07 Å². The summed E-state index contributed by atoms with van der Waals surface area (Å²) in [6, 6.07) is 16.2. The van der Waals surface area contributed by atoms with Crippen LogP contribution in [0.2, 0.25) is 0 Å². The van der Waals surface area contributed by atoms with Crippen LogP contribution in [-0.4, -0.2) is 28.7 Å². The highest BCUT2D eigenvalue weighted by molar-refractivity contribution is 7.80. The highest BCUT2D eigenvalue weighted by atomic mass is 32.1. The summed E-state index contributed by atoms with van der Waals surface area (Å²) in [4.78, 5) is 5.39. The van der Waals surface area contributed by atoms with Gasteiger partial charge in [-0.1, -0.05) is 6.07 Å². The van der Waals surface area contributed by atoms with Crippen molar-refractivity contribution in [3.05, 3.63) is 83.7 Å². The molecule has 0 radical (unpaired) electrons. The van der Waals surface area contributed by atoms with Gasteiger partial charge >= 0.3 is 0 Å². The van der Waals surface area contributed by atoms with Crippen LogP contribution >= 0.6 is 12.2 Å². The van der Waals surface area contributed by atoms with E-state index in [-0.39, 0.29) is 5.82 Å². The molecule has 0 bridgehead atoms. The van der Waals surface area contributed by atoms with Gasteiger partial charge in [-0.15, -0.1) is 0 Å². The maximum absolute atomic E-state index is 13.8. The van der Waals surface area contributed by atoms with Gasteiger partial charge in [-0.3, -0.25) is 0 Å². The van der Waals surface area contributed by atoms with Crippen molar-refractivity contribution in [1.82, 2.24) is 9.88 Å². The van der Waals surface area contributed by atoms with Crippen LogP contribution in [0.4, 0.5) is 10.1 Å². The van der Waals surface area contributed by atoms with Gasteiger partial charge < -0.3 is 24.4 Å². The molecule has 0 amide bonds. The Hall–Kier alpha value is -3.32. The molecule has 0 spiro atoms. The van der Waals surface area contributed by atoms with Gasteiger partial charge in [0.1, 0.15) is 17.3 Å². The molecule has 0 aliphatic heterocycles. The molecule has 0 saturated carbocycles. The van der Waals surface area contributed by atoms with E-state index in [2.05, 4.69) is 10.3 Å². The lowest BCUT2D eigenvalue weighted by Crippen LogP contribution is -2.35. The van der Waals surface area contributed by atoms with Crippen molar-refractivity contribution >= 4 is 33.9 Å². The average molecular weight is 438 g/mol. The number of aryl methyl sites for hydroxylation is 1. The SMILES string of the molecule is COc1cccc(NC(=S)N(CCc2c(C)[nH]c3ccc(F)cc23)Cc2ccco2)c1. The zero-order valence-corrected chi connectivity index (χ0v) is 18.3. The maximum atomic E-state index is 13.8. The number of H-pyrrole nitrogens is 1. The van der Waals surface area contributed by atoms with E-state index in [4.69, 9.17) is 21.4 Å². The zero-order chi connectivity index (χ0) is 21.8. The Morgan fingerprint density at radius 1 is 1.19 bits per heavy atom. The van der Waals surface area contributed by atoms with Crippen molar-refractivity contribution < 1.29 is 13.5 Å². The van der Waals surface area contributed by atoms with Gasteiger partial charge in [0, 0.05) is 34.9 Å². The minimum absolute atomic E-state index is 0.240. The van der Waals surface area contributed by atoms with Crippen LogP contribution in [0, 0.1) is 12.7 Å². The molecule has 2 aromatic heterocycles. The van der Waals surface area contributed by atoms with E-state index in [9.17, 15) is 4.39 Å². The number of methoxy groups -OCH3 is 1. The van der Waals surface area contributed by atoms with E-state index in [1.807, 2.05) is 48.2 Å². The van der Waals surface area contributed by atoms with Crippen LogP contribution in [0.15, 0.2) is 65.3 Å². The lowest BCUT2D eigenvalue weighted by atomic mass is 10.1. The highest BCUT2D eigenvalue weighted by Gasteiger charge is 2.16. The second kappa shape index (κ2) is 9.22. The number of furan rings is 1. The molecule has 0 atom stereocenters. The summed E-state index contributed by atoms with van der Waals surface area (Å²) >= 11 is 5.72. The number of nitrogens with one attached hydrogen (secondary N) is 2. The van der Waals surface area contributed by atoms with Crippen LogP contribution in [0.1, 0.15) is 17.0 Å². The first-order chi connectivity index (χ1) is 15.0. The zero-order valence-electron chi connectivity index (χ0n) is 17.4. The molecule has 4 rings (SSSR count). The van der Waals surface area contributed by atoms with Crippen LogP contribution in [0.25, 0.3) is 10.9 Å². The van der Waals surface area contributed by atoms with Crippen LogP contribution in [0.5, 0.6) is 5.75 Å². The van der Waals surface area contributed by atoms with Crippen molar-refractivity contribution in [2.45, 2.75) is 19.9 Å². The molecule has 4 aromatic rings. The molecule has 2 aromatic carbocycles. The number of rotatable bonds is 7. The van der Waals surface area contributed by atoms with E-state index < -0.39 is 0 Å². The van der Waals surface area contributed by atoms with Crippen LogP contribution in [-0.2, 0) is 13.0 Å². The molecular weight excluding hydrogens is 413 g/mol. The minimum atomic E-state index is -0.240. The molecule has 0 fully saturated rings. The Bertz CT molecular complexity index is 1190. The van der Waals surface area contributed by atoms with Gasteiger partial charge in [0.15, 0.2) is 5.11 Å². The van der Waals surface area contributed by atoms with E-state index in [0.29, 0.717) is 24.6 Å². The molecule has 5 nitrogen and oxygen atoms in total. The fourth-order valence-corrected chi connectivity index (χ4v) is 3.94. The lowest BCUT2D eigenvalue weighted by Gasteiger charge is -2.25. The number of hydrogen-bond acceptors (Lipinski definition) is 3. The summed E-state index contributed by atoms with van der Waals surface area (Å²) in [5.74, 6) is 1.33. The Morgan fingerprint density at radius 3 is 2.84 bits per heavy atom. The Morgan fingerprint density at radius 2 is 2.06 bits per heavy atom. The normalized spacial score (nSPS) is 10.9. The summed E-state index contributed by atoms with van der Waals surface area (Å²) in [5, 5.41) is 4.77. The van der Waals surface area contributed by atoms with Crippen LogP contribution < -0.4 is 10.1 Å². The summed E-state index contributed by atoms with van der Waals surface area (Å²) in [5.41, 5.74) is 3.90. The summed E-state index contributed by atoms with van der Waals surface area (Å²) in [6.45, 7) is 3.18. The quantitative estimate of drug-likeness (QED) is 0.366. The number of nitrogens with zero attached hydrogens (tertiary/aromatic N) is 1. The number of hydrogen-bond donors (Lipinski definition) is 2. The van der Waals surface area contributed by atoms with Gasteiger partial charge in [0.25, 0.3) is 0 Å². The molecule has 0 aliphatic carbocycles. The topological polar surface area (TPSA) is 53.4 Å². The highest BCUT2D eigenvalue weighted by Crippen LogP contribution is 2.24. The van der Waals surface area contributed by atoms with Crippen molar-refractivity contribution in [3.8, 4) is 5.75 Å². The number of anilines is 1. The maximum Gasteiger partial charge on any atom is 0.173 e. The molecule has 2 heterocycles. The van der Waals surface area contributed by atoms with Gasteiger partial charge in [-0.05, 0) is 73.6 Å². The molecule has 7 heteroatoms. The predicted octanol–water partition coefficient (Wildman–Crippen LogP) is 5.66. The third kappa shape index (κ3) is 4.88. The van der Waals surface area contributed by atoms with Crippen molar-refractivity contribution in [2.75, 3.05) is 19.0 Å². The smallest absolute Gasteiger partial charge is 0.173 e. The van der Waals surface area contributed by atoms with Crippen molar-refractivity contribution in [3.63, 3.8) is 0 Å². The third-order valence-electron chi connectivity index (χ3n) is 5.25. The number of ether oxygens (including phenoxy) is 1. The molecule has 2 N–H and O–H groups in total. The van der Waals surface area contributed by atoms with E-state index in [0.717, 1.165) is 39.4 Å². The Balaban J connectivity index is 1.54. The van der Waals surface area contributed by atoms with Crippen LogP contribution in [0.3, 0.4) is 0 Å². The summed E-state index contributed by atoms with van der Waals surface area (Å²) in [6.07, 6.45) is 2.36. The van der Waals surface area contributed by atoms with Crippen molar-refractivity contribution in [2.24, 2.45) is 0 Å². The monoisotopic (exact) mass is 437 g/mol. The average Bonchev–Trinajstić information content (AvgIpc) is 3.38. The first-order valence-electron chi connectivity index (χ1n) is 10.0. The van der Waals surface area contributed by atoms with Gasteiger partial charge in [0.2, 0.25) is 0 Å². The minimum Gasteiger partial charge on any atom is -0.497 e. The van der Waals surface area contributed by atoms with Gasteiger partial charge in [0.05, 0.1) is 19.9 Å². The molecule has 160 valence electrons. The standard InChI is InChI=1S/C24H24FN3O2S/c1-16-21(22-13-17(25)8-9-23(22)26-16)10-11-28(15-20-7-4-12-30-20)24(31)27-18-5-3-6-19(14-18)29-2/h3-9,12-14,26H,10-11,15H2,1-2H3,(H,27,31). The second-order valence-corrected chi connectivity index (χ2v) is 7.72. The first kappa shape index (κ1) is 20.9. The molecular formula is C24H24FN3O2S. The first-order valence-corrected chi connectivity index (χ1v) is 10.4. The van der Waals surface area contributed by atoms with Gasteiger partial charge in [-0.2, -0.15) is 0 Å². The van der Waals surface area contributed by atoms with Crippen molar-refractivity contribution in [1.29, 1.82) is 0 Å². The second-order valence-electron chi connectivity index (χ2n) is 7.33. The molecule has 31 heavy (non-hydrogen) atoms. The number of fused-ring (bicyclic) bond motifs is 1. The Labute approximate surface area is 185 Å². The molecule has 0 unspecified atom stereocenters. The largest absolute Gasteiger partial charge is 0.497 e. The molecule has 0 saturated heterocycles. The summed E-state index contributed by atoms with van der Waals surface area (Å²) in [7, 11) is 1.63. The third-order valence-corrected chi connectivity index (χ3v) is 5.61. The predicted molar refractivity (Wildman–Crippen MR) is 125 cm³/mol. The van der Waals surface area contributed by atoms with E-state index in [1.54, 1.807) is 25.5 Å². The lowest BCUT2D eigenvalue weighted by molar-refractivity contribution is 0.368. The Kier molecular flexibility index (Phi) is 6.23. The van der Waals surface area contributed by atoms with Gasteiger partial charge in [-0.25, -0.2) is 4.39 Å². The number of aromatic nitrogens is 1. The number of benzene rings is 2. The number of aromatic amines is 1. The number of thiocarbonyl (C=S) groups is 1. The summed E-state index contributed by atoms with van der Waals surface area (Å²) < 4.78 is 24.7. The number of halogens is 1. The fourth-order valence-electron chi connectivity index (χ4n) is 3.67. The fraction of sp³-hybridized carbons (Fsp3) is 0.208. The van der Waals surface area contributed by atoms with E-state index >= 15 is 0 Å². The molecule has 0 aliphatic rings.